The van der Waals surface area contributed by atoms with Crippen molar-refractivity contribution in [3.63, 3.8) is 0 Å². The summed E-state index contributed by atoms with van der Waals surface area (Å²) in [4.78, 5) is 20.3. The van der Waals surface area contributed by atoms with E-state index in [-0.39, 0.29) is 0 Å². The molecule has 0 radical (unpaired) electrons. The van der Waals surface area contributed by atoms with E-state index < -0.39 is 0 Å². The maximum atomic E-state index is 2.61. The van der Waals surface area contributed by atoms with Gasteiger partial charge in [0, 0.05) is 101 Å². The minimum absolute atomic E-state index is 0.494. The van der Waals surface area contributed by atoms with Crippen molar-refractivity contribution < 1.29 is 0 Å². The molecular formula is C72H80N8. The van der Waals surface area contributed by atoms with E-state index in [1.807, 2.05) is 0 Å². The number of anilines is 4. The number of fused-ring (bicyclic) bond motifs is 20. The highest BCUT2D eigenvalue weighted by molar-refractivity contribution is 5.64. The Morgan fingerprint density at radius 1 is 0.225 bits per heavy atom. The number of para-hydroxylation sites is 4. The van der Waals surface area contributed by atoms with Gasteiger partial charge in [0.1, 0.15) is 0 Å². The molecule has 8 aromatic carbocycles. The molecule has 80 heavy (non-hydrogen) atoms. The Morgan fingerprint density at radius 3 is 0.637 bits per heavy atom. The molecule has 8 aliphatic rings. The molecule has 8 heterocycles. The molecule has 8 aromatic rings. The van der Waals surface area contributed by atoms with E-state index >= 15 is 0 Å². The Balaban J connectivity index is 0.000000101. The van der Waals surface area contributed by atoms with Gasteiger partial charge in [-0.1, -0.05) is 170 Å². The minimum Gasteiger partial charge on any atom is -0.362 e. The molecular weight excluding hydrogens is 977 g/mol. The Labute approximate surface area is 477 Å². The molecule has 4 saturated heterocycles. The molecule has 0 N–H and O–H groups in total. The van der Waals surface area contributed by atoms with Gasteiger partial charge in [0.05, 0.1) is 24.2 Å². The summed E-state index contributed by atoms with van der Waals surface area (Å²) < 4.78 is 0. The Kier molecular flexibility index (Phi) is 15.1. The number of piperazine rings is 4. The van der Waals surface area contributed by atoms with Crippen LogP contribution in [-0.4, -0.2) is 126 Å². The number of hydrogen-bond donors (Lipinski definition) is 0. The summed E-state index contributed by atoms with van der Waals surface area (Å²) in [5.74, 6) is 0. The van der Waals surface area contributed by atoms with Crippen molar-refractivity contribution in [1.29, 1.82) is 0 Å². The van der Waals surface area contributed by atoms with Crippen molar-refractivity contribution >= 4 is 22.7 Å². The van der Waals surface area contributed by atoms with E-state index in [0.29, 0.717) is 24.2 Å². The fourth-order valence-electron chi connectivity index (χ4n) is 14.6. The third kappa shape index (κ3) is 10.6. The van der Waals surface area contributed by atoms with E-state index in [2.05, 4.69) is 262 Å². The van der Waals surface area contributed by atoms with E-state index in [1.165, 1.54) is 89.5 Å². The van der Waals surface area contributed by atoms with Crippen LogP contribution < -0.4 is 19.6 Å². The van der Waals surface area contributed by atoms with Gasteiger partial charge in [0.25, 0.3) is 0 Å². The Bertz CT molecular complexity index is 2990. The lowest BCUT2D eigenvalue weighted by Gasteiger charge is -2.41. The van der Waals surface area contributed by atoms with E-state index in [4.69, 9.17) is 0 Å². The van der Waals surface area contributed by atoms with Gasteiger partial charge >= 0.3 is 0 Å². The van der Waals surface area contributed by atoms with Gasteiger partial charge < -0.3 is 39.2 Å². The van der Waals surface area contributed by atoms with Crippen molar-refractivity contribution in [2.45, 2.75) is 49.9 Å². The molecule has 0 aromatic heterocycles. The smallest absolute Gasteiger partial charge is 0.0672 e. The molecule has 408 valence electrons. The van der Waals surface area contributed by atoms with Crippen molar-refractivity contribution in [2.75, 3.05) is 126 Å². The highest BCUT2D eigenvalue weighted by atomic mass is 15.3. The van der Waals surface area contributed by atoms with Crippen LogP contribution in [-0.2, 0) is 25.7 Å². The molecule has 16 rings (SSSR count). The zero-order valence-corrected chi connectivity index (χ0v) is 47.7. The van der Waals surface area contributed by atoms with Gasteiger partial charge in [-0.15, -0.1) is 0 Å². The summed E-state index contributed by atoms with van der Waals surface area (Å²) in [6, 6.07) is 73.5. The molecule has 0 spiro atoms. The topological polar surface area (TPSA) is 25.9 Å². The molecule has 8 aliphatic heterocycles. The fourth-order valence-corrected chi connectivity index (χ4v) is 14.6. The lowest BCUT2D eigenvalue weighted by molar-refractivity contribution is 0.269. The average Bonchev–Trinajstić information content (AvgIpc) is 3.92. The zero-order chi connectivity index (χ0) is 54.1. The predicted molar refractivity (Wildman–Crippen MR) is 333 cm³/mol. The van der Waals surface area contributed by atoms with Gasteiger partial charge in [-0.3, -0.25) is 0 Å². The monoisotopic (exact) mass is 1060 g/mol. The van der Waals surface area contributed by atoms with Crippen LogP contribution in [0.3, 0.4) is 0 Å². The molecule has 0 aliphatic carbocycles. The highest BCUT2D eigenvalue weighted by Crippen LogP contribution is 2.43. The largest absolute Gasteiger partial charge is 0.362 e. The van der Waals surface area contributed by atoms with Gasteiger partial charge in [0.2, 0.25) is 0 Å². The number of rotatable bonds is 0. The Morgan fingerprint density at radius 2 is 0.412 bits per heavy atom. The minimum atomic E-state index is 0.494. The maximum absolute atomic E-state index is 2.61. The average molecular weight is 1060 g/mol. The zero-order valence-electron chi connectivity index (χ0n) is 47.7. The first-order valence-corrected chi connectivity index (χ1v) is 29.7. The second-order valence-corrected chi connectivity index (χ2v) is 23.9. The van der Waals surface area contributed by atoms with Crippen molar-refractivity contribution in [2.24, 2.45) is 0 Å². The number of nitrogens with zero attached hydrogens (tertiary/aromatic N) is 8. The first-order valence-electron chi connectivity index (χ1n) is 29.7. The quantitative estimate of drug-likeness (QED) is 0.148. The van der Waals surface area contributed by atoms with E-state index in [1.54, 1.807) is 0 Å². The SMILES string of the molecule is CN1CCN2c3ccccc3Cc3ccccc3C2C1.CN1CCN2c3ccccc3Cc3ccccc3C2C1.CN1CCN2c3ccccc3Cc3ccccc3C2C1.CN1CCN2c3ccccc3Cc3ccccc3C2C1. The summed E-state index contributed by atoms with van der Waals surface area (Å²) in [5, 5.41) is 0. The Hall–Kier alpha value is -7.20. The van der Waals surface area contributed by atoms with E-state index in [0.717, 1.165) is 104 Å². The third-order valence-corrected chi connectivity index (χ3v) is 18.7. The van der Waals surface area contributed by atoms with Gasteiger partial charge in [-0.05, 0) is 145 Å². The van der Waals surface area contributed by atoms with Crippen LogP contribution in [0.15, 0.2) is 194 Å². The molecule has 0 saturated carbocycles. The molecule has 0 amide bonds. The number of hydrogen-bond acceptors (Lipinski definition) is 8. The lowest BCUT2D eigenvalue weighted by atomic mass is 9.96. The van der Waals surface area contributed by atoms with Gasteiger partial charge in [-0.25, -0.2) is 0 Å². The highest BCUT2D eigenvalue weighted by Gasteiger charge is 2.36. The standard InChI is InChI=1S/4C18H20N2/c4*1-19-10-11-20-17-9-5-3-7-15(17)12-14-6-2-4-8-16(14)18(20)13-19/h4*2-9,18H,10-13H2,1H3. The number of benzene rings is 8. The van der Waals surface area contributed by atoms with Crippen LogP contribution >= 0.6 is 0 Å². The van der Waals surface area contributed by atoms with Crippen LogP contribution in [0, 0.1) is 0 Å². The molecule has 8 nitrogen and oxygen atoms in total. The first kappa shape index (κ1) is 52.2. The first-order chi connectivity index (χ1) is 39.3. The van der Waals surface area contributed by atoms with Crippen LogP contribution in [0.5, 0.6) is 0 Å². The molecule has 0 bridgehead atoms. The van der Waals surface area contributed by atoms with Crippen LogP contribution in [0.2, 0.25) is 0 Å². The summed E-state index contributed by atoms with van der Waals surface area (Å²) in [6.45, 7) is 13.5. The molecule has 8 heteroatoms. The normalized spacial score (nSPS) is 21.6. The second kappa shape index (κ2) is 23.1. The third-order valence-electron chi connectivity index (χ3n) is 18.7. The summed E-state index contributed by atoms with van der Waals surface area (Å²) in [5.41, 5.74) is 23.6. The fraction of sp³-hybridized carbons (Fsp3) is 0.333. The van der Waals surface area contributed by atoms with Gasteiger partial charge in [-0.2, -0.15) is 0 Å². The number of likely N-dealkylation sites (N-methyl/N-ethyl adjacent to an activating group) is 4. The van der Waals surface area contributed by atoms with Crippen molar-refractivity contribution in [3.8, 4) is 0 Å². The predicted octanol–water partition coefficient (Wildman–Crippen LogP) is 12.3. The summed E-state index contributed by atoms with van der Waals surface area (Å²) >= 11 is 0. The van der Waals surface area contributed by atoms with Crippen LogP contribution in [0.25, 0.3) is 0 Å². The van der Waals surface area contributed by atoms with Crippen LogP contribution in [0.1, 0.15) is 90.9 Å². The van der Waals surface area contributed by atoms with Crippen molar-refractivity contribution in [3.05, 3.63) is 261 Å². The molecule has 4 unspecified atom stereocenters. The summed E-state index contributed by atoms with van der Waals surface area (Å²) in [6.07, 6.45) is 4.23. The second-order valence-electron chi connectivity index (χ2n) is 23.9. The lowest BCUT2D eigenvalue weighted by Crippen LogP contribution is -2.46. The summed E-state index contributed by atoms with van der Waals surface area (Å²) in [7, 11) is 8.93. The van der Waals surface area contributed by atoms with Crippen LogP contribution in [0.4, 0.5) is 22.7 Å². The molecule has 4 fully saturated rings. The van der Waals surface area contributed by atoms with E-state index in [9.17, 15) is 0 Å². The van der Waals surface area contributed by atoms with Gasteiger partial charge in [0.15, 0.2) is 0 Å². The maximum Gasteiger partial charge on any atom is 0.0672 e. The van der Waals surface area contributed by atoms with Crippen molar-refractivity contribution in [1.82, 2.24) is 19.6 Å². The molecule has 4 atom stereocenters.